The van der Waals surface area contributed by atoms with Crippen LogP contribution >= 0.6 is 0 Å². The Balaban J connectivity index is 1.38. The highest BCUT2D eigenvalue weighted by Gasteiger charge is 2.55. The molecule has 8 bridgehead atoms. The van der Waals surface area contributed by atoms with Crippen LogP contribution in [0.2, 0.25) is 0 Å². The molecule has 0 heterocycles. The smallest absolute Gasteiger partial charge is 0.125 e. The van der Waals surface area contributed by atoms with Crippen molar-refractivity contribution in [2.75, 3.05) is 0 Å². The minimum Gasteiger partial charge on any atom is -0.507 e. The first kappa shape index (κ1) is 17.5. The summed E-state index contributed by atoms with van der Waals surface area (Å²) in [4.78, 5) is 0. The Morgan fingerprint density at radius 3 is 1.14 bits per heavy atom. The van der Waals surface area contributed by atoms with Crippen LogP contribution < -0.4 is 0 Å². The SMILES string of the molecule is Cc1c(O)c(C23CC4CC(CC(C4)C2)C3)cc(C23CC4CC(CC(C4)C2)C3)c1O. The number of hydrogen-bond donors (Lipinski definition) is 2. The molecule has 2 heteroatoms. The lowest BCUT2D eigenvalue weighted by atomic mass is 9.46. The Hall–Kier alpha value is -1.18. The molecule has 0 saturated heterocycles. The predicted octanol–water partition coefficient (Wildman–Crippen LogP) is 6.34. The van der Waals surface area contributed by atoms with E-state index in [4.69, 9.17) is 0 Å². The molecule has 29 heavy (non-hydrogen) atoms. The third kappa shape index (κ3) is 2.30. The van der Waals surface area contributed by atoms with Crippen molar-refractivity contribution in [2.24, 2.45) is 35.5 Å². The van der Waals surface area contributed by atoms with E-state index in [0.717, 1.165) is 41.1 Å². The van der Waals surface area contributed by atoms with E-state index in [2.05, 4.69) is 6.07 Å². The number of hydrogen-bond acceptors (Lipinski definition) is 2. The van der Waals surface area contributed by atoms with Gasteiger partial charge in [0.15, 0.2) is 0 Å². The van der Waals surface area contributed by atoms with Gasteiger partial charge in [0, 0.05) is 16.7 Å². The van der Waals surface area contributed by atoms with Crippen LogP contribution in [0.5, 0.6) is 11.5 Å². The molecule has 0 aliphatic heterocycles. The topological polar surface area (TPSA) is 40.5 Å². The molecule has 156 valence electrons. The molecule has 8 aliphatic carbocycles. The van der Waals surface area contributed by atoms with Gasteiger partial charge >= 0.3 is 0 Å². The summed E-state index contributed by atoms with van der Waals surface area (Å²) < 4.78 is 0. The van der Waals surface area contributed by atoms with Crippen molar-refractivity contribution in [2.45, 2.75) is 94.8 Å². The van der Waals surface area contributed by atoms with Crippen molar-refractivity contribution in [3.63, 3.8) is 0 Å². The molecule has 0 atom stereocenters. The minimum absolute atomic E-state index is 0.189. The number of phenolic OH excluding ortho intramolecular Hbond substituents is 2. The van der Waals surface area contributed by atoms with Gasteiger partial charge in [0.1, 0.15) is 11.5 Å². The molecule has 0 unspecified atom stereocenters. The van der Waals surface area contributed by atoms with Crippen LogP contribution in [-0.4, -0.2) is 10.2 Å². The molecule has 0 spiro atoms. The van der Waals surface area contributed by atoms with Crippen molar-refractivity contribution in [3.05, 3.63) is 22.8 Å². The van der Waals surface area contributed by atoms with E-state index in [1.807, 2.05) is 6.92 Å². The number of rotatable bonds is 2. The highest BCUT2D eigenvalue weighted by molar-refractivity contribution is 5.58. The summed E-state index contributed by atoms with van der Waals surface area (Å²) in [6.45, 7) is 1.97. The highest BCUT2D eigenvalue weighted by Crippen LogP contribution is 2.65. The summed E-state index contributed by atoms with van der Waals surface area (Å²) in [6, 6.07) is 2.36. The van der Waals surface area contributed by atoms with Crippen LogP contribution in [-0.2, 0) is 10.8 Å². The lowest BCUT2D eigenvalue weighted by molar-refractivity contribution is -0.00964. The molecule has 2 N–H and O–H groups in total. The predicted molar refractivity (Wildman–Crippen MR) is 114 cm³/mol. The second kappa shape index (κ2) is 5.54. The lowest BCUT2D eigenvalue weighted by Crippen LogP contribution is -2.50. The van der Waals surface area contributed by atoms with E-state index in [1.165, 1.54) is 88.2 Å². The average molecular weight is 393 g/mol. The van der Waals surface area contributed by atoms with E-state index in [1.54, 1.807) is 0 Å². The van der Waals surface area contributed by atoms with Gasteiger partial charge in [-0.2, -0.15) is 0 Å². The van der Waals surface area contributed by atoms with Crippen LogP contribution in [0.15, 0.2) is 6.07 Å². The quantitative estimate of drug-likeness (QED) is 0.616. The van der Waals surface area contributed by atoms with Crippen LogP contribution in [0.4, 0.5) is 0 Å². The first-order valence-corrected chi connectivity index (χ1v) is 12.5. The molecule has 1 aromatic rings. The van der Waals surface area contributed by atoms with Crippen molar-refractivity contribution in [1.82, 2.24) is 0 Å². The van der Waals surface area contributed by atoms with Gasteiger partial charge in [-0.1, -0.05) is 0 Å². The lowest BCUT2D eigenvalue weighted by Gasteiger charge is -2.58. The zero-order valence-electron chi connectivity index (χ0n) is 17.9. The maximum absolute atomic E-state index is 11.3. The van der Waals surface area contributed by atoms with Gasteiger partial charge in [-0.25, -0.2) is 0 Å². The maximum atomic E-state index is 11.3. The zero-order valence-corrected chi connectivity index (χ0v) is 17.9. The Labute approximate surface area is 175 Å². The van der Waals surface area contributed by atoms with Gasteiger partial charge in [-0.05, 0) is 136 Å². The number of aromatic hydroxyl groups is 2. The molecule has 8 aliphatic rings. The average Bonchev–Trinajstić information content (AvgIpc) is 2.63. The minimum atomic E-state index is 0.189. The Morgan fingerprint density at radius 2 is 0.862 bits per heavy atom. The zero-order chi connectivity index (χ0) is 19.5. The molecular formula is C27H36O2. The summed E-state index contributed by atoms with van der Waals surface area (Å²) in [7, 11) is 0. The fraction of sp³-hybridized carbons (Fsp3) is 0.778. The van der Waals surface area contributed by atoms with Gasteiger partial charge in [0.25, 0.3) is 0 Å². The Morgan fingerprint density at radius 1 is 0.586 bits per heavy atom. The van der Waals surface area contributed by atoms with Crippen molar-refractivity contribution in [3.8, 4) is 11.5 Å². The van der Waals surface area contributed by atoms with Crippen LogP contribution in [0.3, 0.4) is 0 Å². The van der Waals surface area contributed by atoms with Crippen molar-refractivity contribution >= 4 is 0 Å². The summed E-state index contributed by atoms with van der Waals surface area (Å²) in [5.41, 5.74) is 3.61. The van der Waals surface area contributed by atoms with Gasteiger partial charge < -0.3 is 10.2 Å². The van der Waals surface area contributed by atoms with E-state index < -0.39 is 0 Å². The molecule has 0 radical (unpaired) electrons. The van der Waals surface area contributed by atoms with Crippen LogP contribution in [0.25, 0.3) is 0 Å². The molecule has 8 saturated carbocycles. The number of benzene rings is 1. The largest absolute Gasteiger partial charge is 0.507 e. The summed E-state index contributed by atoms with van der Waals surface area (Å²) in [5, 5.41) is 22.6. The van der Waals surface area contributed by atoms with Crippen LogP contribution in [0, 0.1) is 42.4 Å². The molecule has 9 rings (SSSR count). The highest BCUT2D eigenvalue weighted by atomic mass is 16.3. The maximum Gasteiger partial charge on any atom is 0.125 e. The van der Waals surface area contributed by atoms with Gasteiger partial charge in [0.2, 0.25) is 0 Å². The molecular weight excluding hydrogens is 356 g/mol. The van der Waals surface area contributed by atoms with Gasteiger partial charge in [-0.3, -0.25) is 0 Å². The van der Waals surface area contributed by atoms with Crippen molar-refractivity contribution in [1.29, 1.82) is 0 Å². The van der Waals surface area contributed by atoms with E-state index >= 15 is 0 Å². The monoisotopic (exact) mass is 392 g/mol. The number of phenols is 2. The van der Waals surface area contributed by atoms with Crippen molar-refractivity contribution < 1.29 is 10.2 Å². The summed E-state index contributed by atoms with van der Waals surface area (Å²) in [6.07, 6.45) is 16.2. The van der Waals surface area contributed by atoms with Gasteiger partial charge in [0.05, 0.1) is 0 Å². The van der Waals surface area contributed by atoms with E-state index in [0.29, 0.717) is 11.5 Å². The second-order valence-corrected chi connectivity index (χ2v) is 12.7. The first-order chi connectivity index (χ1) is 13.9. The molecule has 8 fully saturated rings. The fourth-order valence-electron chi connectivity index (χ4n) is 10.5. The third-order valence-electron chi connectivity index (χ3n) is 10.7. The molecule has 0 amide bonds. The first-order valence-electron chi connectivity index (χ1n) is 12.5. The summed E-state index contributed by atoms with van der Waals surface area (Å²) in [5.74, 6) is 6.09. The Bertz CT molecular complexity index is 742. The molecule has 0 aromatic heterocycles. The normalized spacial score (nSPS) is 49.1. The fourth-order valence-corrected chi connectivity index (χ4v) is 10.5. The van der Waals surface area contributed by atoms with E-state index in [9.17, 15) is 10.2 Å². The Kier molecular flexibility index (Phi) is 3.34. The second-order valence-electron chi connectivity index (χ2n) is 12.7. The third-order valence-corrected chi connectivity index (χ3v) is 10.7. The summed E-state index contributed by atoms with van der Waals surface area (Å²) >= 11 is 0. The van der Waals surface area contributed by atoms with E-state index in [-0.39, 0.29) is 10.8 Å². The standard InChI is InChI=1S/C27H36O2/c1-15-24(28)22(26-9-16-2-17(10-26)4-18(3-16)11-26)8-23(25(15)29)27-12-19-5-20(13-27)7-21(6-19)14-27/h8,16-21,28-29H,2-7,9-14H2,1H3. The molecule has 1 aromatic carbocycles. The van der Waals surface area contributed by atoms with Gasteiger partial charge in [-0.15, -0.1) is 0 Å². The molecule has 2 nitrogen and oxygen atoms in total. The van der Waals surface area contributed by atoms with Crippen LogP contribution in [0.1, 0.15) is 93.7 Å².